The highest BCUT2D eigenvalue weighted by Gasteiger charge is 2.19. The summed E-state index contributed by atoms with van der Waals surface area (Å²) in [7, 11) is 0. The van der Waals surface area contributed by atoms with Gasteiger partial charge in [-0.05, 0) is 46.1 Å². The van der Waals surface area contributed by atoms with Gasteiger partial charge in [-0.25, -0.2) is 9.38 Å². The molecule has 3 nitrogen and oxygen atoms in total. The normalized spacial score (nSPS) is 22.2. The Kier molecular flexibility index (Phi) is 7.92. The van der Waals surface area contributed by atoms with Gasteiger partial charge in [-0.15, -0.1) is 0 Å². The van der Waals surface area contributed by atoms with E-state index in [2.05, 4.69) is 16.8 Å². The summed E-state index contributed by atoms with van der Waals surface area (Å²) in [5, 5.41) is 0. The van der Waals surface area contributed by atoms with E-state index in [9.17, 15) is 4.39 Å². The van der Waals surface area contributed by atoms with Gasteiger partial charge in [-0.3, -0.25) is 0 Å². The lowest BCUT2D eigenvalue weighted by atomic mass is 9.87. The Balaban J connectivity index is 1.80. The fraction of sp³-hybridized carbons (Fsp3) is 0.857. The molecule has 2 rings (SSSR count). The van der Waals surface area contributed by atoms with Crippen LogP contribution >= 0.6 is 0 Å². The molecule has 1 aliphatic heterocycles. The maximum absolute atomic E-state index is 13.6. The van der Waals surface area contributed by atoms with Crippen LogP contribution in [0.5, 0.6) is 0 Å². The number of hydrogen-bond donors (Lipinski definition) is 0. The van der Waals surface area contributed by atoms with Gasteiger partial charge in [0, 0.05) is 32.1 Å². The molecule has 0 atom stereocenters. The van der Waals surface area contributed by atoms with Crippen LogP contribution in [-0.2, 0) is 4.74 Å². The molecule has 0 unspecified atom stereocenters. The van der Waals surface area contributed by atoms with Crippen molar-refractivity contribution in [3.63, 3.8) is 0 Å². The number of alkyl halides is 1. The van der Waals surface area contributed by atoms with Crippen molar-refractivity contribution < 1.29 is 9.13 Å². The van der Waals surface area contributed by atoms with Crippen molar-refractivity contribution in [1.29, 1.82) is 0 Å². The first kappa shape index (κ1) is 20.4. The number of hydrogen-bond acceptors (Lipinski definition) is 3. The molecule has 25 heavy (non-hydrogen) atoms. The molecule has 4 heteroatoms. The van der Waals surface area contributed by atoms with Crippen LogP contribution in [0.2, 0.25) is 0 Å². The van der Waals surface area contributed by atoms with Crippen molar-refractivity contribution in [3.8, 4) is 0 Å². The summed E-state index contributed by atoms with van der Waals surface area (Å²) in [6, 6.07) is 0. The fourth-order valence-corrected chi connectivity index (χ4v) is 3.77. The maximum atomic E-state index is 13.6. The van der Waals surface area contributed by atoms with Gasteiger partial charge in [0.25, 0.3) is 0 Å². The average molecular weight is 353 g/mol. The molecule has 144 valence electrons. The van der Waals surface area contributed by atoms with E-state index >= 15 is 0 Å². The Morgan fingerprint density at radius 2 is 1.88 bits per heavy atom. The van der Waals surface area contributed by atoms with Crippen molar-refractivity contribution in [2.24, 2.45) is 10.9 Å². The van der Waals surface area contributed by atoms with Gasteiger partial charge in [0.2, 0.25) is 0 Å². The SMILES string of the molecule is CC(=NC1=C(C)CCN(CCC2CCCCC2)CC1)OCC(C)(C)F. The summed E-state index contributed by atoms with van der Waals surface area (Å²) < 4.78 is 19.0. The maximum Gasteiger partial charge on any atom is 0.184 e. The lowest BCUT2D eigenvalue weighted by Gasteiger charge is -2.26. The van der Waals surface area contributed by atoms with E-state index in [0.29, 0.717) is 5.90 Å². The number of halogens is 1. The van der Waals surface area contributed by atoms with E-state index in [1.807, 2.05) is 6.92 Å². The minimum atomic E-state index is -1.32. The standard InChI is InChI=1S/C21H37FN2O/c1-17-10-13-24(14-11-19-8-6-5-7-9-19)15-12-20(17)23-18(2)25-16-21(3,4)22/h19H,5-16H2,1-4H3. The van der Waals surface area contributed by atoms with Crippen LogP contribution < -0.4 is 0 Å². The van der Waals surface area contributed by atoms with Crippen molar-refractivity contribution in [3.05, 3.63) is 11.3 Å². The van der Waals surface area contributed by atoms with E-state index in [-0.39, 0.29) is 6.61 Å². The van der Waals surface area contributed by atoms with Gasteiger partial charge in [-0.1, -0.05) is 37.7 Å². The predicted molar refractivity (Wildman–Crippen MR) is 104 cm³/mol. The Labute approximate surface area is 153 Å². The van der Waals surface area contributed by atoms with E-state index in [1.165, 1.54) is 64.5 Å². The van der Waals surface area contributed by atoms with Gasteiger partial charge < -0.3 is 9.64 Å². The molecule has 0 amide bonds. The first-order valence-corrected chi connectivity index (χ1v) is 10.1. The predicted octanol–water partition coefficient (Wildman–Crippen LogP) is 5.51. The highest BCUT2D eigenvalue weighted by Crippen LogP contribution is 2.27. The van der Waals surface area contributed by atoms with Crippen molar-refractivity contribution in [2.75, 3.05) is 26.2 Å². The molecule has 0 aromatic carbocycles. The summed E-state index contributed by atoms with van der Waals surface area (Å²) in [4.78, 5) is 7.24. The van der Waals surface area contributed by atoms with E-state index < -0.39 is 5.67 Å². The van der Waals surface area contributed by atoms with Crippen LogP contribution in [0.25, 0.3) is 0 Å². The molecule has 0 radical (unpaired) electrons. The third-order valence-electron chi connectivity index (χ3n) is 5.46. The van der Waals surface area contributed by atoms with Crippen LogP contribution in [0.1, 0.15) is 79.1 Å². The monoisotopic (exact) mass is 352 g/mol. The minimum Gasteiger partial charge on any atom is -0.478 e. The minimum absolute atomic E-state index is 0.0577. The molecule has 0 N–H and O–H groups in total. The molecule has 0 saturated heterocycles. The molecule has 2 aliphatic rings. The molecule has 0 aromatic rings. The Hall–Kier alpha value is -0.900. The van der Waals surface area contributed by atoms with Crippen molar-refractivity contribution >= 4 is 5.90 Å². The van der Waals surface area contributed by atoms with E-state index in [1.54, 1.807) is 0 Å². The summed E-state index contributed by atoms with van der Waals surface area (Å²) in [6.45, 7) is 10.6. The first-order valence-electron chi connectivity index (χ1n) is 10.1. The van der Waals surface area contributed by atoms with Crippen molar-refractivity contribution in [2.45, 2.75) is 84.7 Å². The van der Waals surface area contributed by atoms with Crippen LogP contribution in [-0.4, -0.2) is 42.7 Å². The van der Waals surface area contributed by atoms with Gasteiger partial charge in [-0.2, -0.15) is 0 Å². The zero-order chi connectivity index (χ0) is 18.3. The zero-order valence-corrected chi connectivity index (χ0v) is 16.7. The van der Waals surface area contributed by atoms with Gasteiger partial charge >= 0.3 is 0 Å². The van der Waals surface area contributed by atoms with Crippen molar-refractivity contribution in [1.82, 2.24) is 4.90 Å². The van der Waals surface area contributed by atoms with Crippen LogP contribution in [0.15, 0.2) is 16.3 Å². The molecule has 0 aromatic heterocycles. The third kappa shape index (κ3) is 7.89. The van der Waals surface area contributed by atoms with E-state index in [4.69, 9.17) is 4.74 Å². The van der Waals surface area contributed by atoms with Gasteiger partial charge in [0.05, 0.1) is 0 Å². The van der Waals surface area contributed by atoms with Gasteiger partial charge in [0.1, 0.15) is 12.3 Å². The highest BCUT2D eigenvalue weighted by atomic mass is 19.1. The number of aliphatic imine (C=N–C) groups is 1. The van der Waals surface area contributed by atoms with Crippen LogP contribution in [0.4, 0.5) is 4.39 Å². The smallest absolute Gasteiger partial charge is 0.184 e. The number of nitrogens with zero attached hydrogens (tertiary/aromatic N) is 2. The second-order valence-electron chi connectivity index (χ2n) is 8.50. The van der Waals surface area contributed by atoms with Crippen LogP contribution in [0.3, 0.4) is 0 Å². The Morgan fingerprint density at radius 1 is 1.20 bits per heavy atom. The molecular weight excluding hydrogens is 315 g/mol. The lowest BCUT2D eigenvalue weighted by Crippen LogP contribution is -2.28. The molecule has 1 saturated carbocycles. The fourth-order valence-electron chi connectivity index (χ4n) is 3.77. The topological polar surface area (TPSA) is 24.8 Å². The summed E-state index contributed by atoms with van der Waals surface area (Å²) in [5.74, 6) is 1.53. The second-order valence-corrected chi connectivity index (χ2v) is 8.50. The average Bonchev–Trinajstić information content (AvgIpc) is 2.74. The largest absolute Gasteiger partial charge is 0.478 e. The Bertz CT molecular complexity index is 473. The number of rotatable bonds is 6. The Morgan fingerprint density at radius 3 is 2.56 bits per heavy atom. The summed E-state index contributed by atoms with van der Waals surface area (Å²) in [6.07, 6.45) is 10.6. The van der Waals surface area contributed by atoms with Gasteiger partial charge in [0.15, 0.2) is 5.90 Å². The first-order chi connectivity index (χ1) is 11.8. The molecule has 1 aliphatic carbocycles. The third-order valence-corrected chi connectivity index (χ3v) is 5.46. The number of ether oxygens (including phenoxy) is 1. The zero-order valence-electron chi connectivity index (χ0n) is 16.7. The quantitative estimate of drug-likeness (QED) is 0.465. The molecule has 0 spiro atoms. The molecule has 1 fully saturated rings. The van der Waals surface area contributed by atoms with E-state index in [0.717, 1.165) is 37.5 Å². The lowest BCUT2D eigenvalue weighted by molar-refractivity contribution is 0.113. The summed E-state index contributed by atoms with van der Waals surface area (Å²) >= 11 is 0. The molecular formula is C21H37FN2O. The molecule has 1 heterocycles. The van der Waals surface area contributed by atoms with Crippen LogP contribution in [0, 0.1) is 5.92 Å². The molecule has 0 bridgehead atoms. The highest BCUT2D eigenvalue weighted by molar-refractivity contribution is 5.74. The second kappa shape index (κ2) is 9.70. The summed E-state index contributed by atoms with van der Waals surface area (Å²) in [5.41, 5.74) is 1.16.